The number of amides is 1. The van der Waals surface area contributed by atoms with Crippen LogP contribution in [0.1, 0.15) is 43.2 Å². The predicted molar refractivity (Wildman–Crippen MR) is 118 cm³/mol. The van der Waals surface area contributed by atoms with Crippen LogP contribution in [0.25, 0.3) is 10.9 Å². The first kappa shape index (κ1) is 20.1. The van der Waals surface area contributed by atoms with Crippen molar-refractivity contribution in [2.24, 2.45) is 15.9 Å². The molecule has 1 aromatic heterocycles. The molecule has 150 valence electrons. The number of benzene rings is 2. The quantitative estimate of drug-likeness (QED) is 0.317. The van der Waals surface area contributed by atoms with Crippen molar-refractivity contribution in [3.05, 3.63) is 59.8 Å². The Balaban J connectivity index is 1.71. The third-order valence-electron chi connectivity index (χ3n) is 4.23. The Morgan fingerprint density at radius 3 is 2.55 bits per heavy atom. The van der Waals surface area contributed by atoms with E-state index >= 15 is 0 Å². The molecule has 29 heavy (non-hydrogen) atoms. The Kier molecular flexibility index (Phi) is 6.29. The number of aromatic amines is 1. The Hall–Kier alpha value is -3.61. The lowest BCUT2D eigenvalue weighted by Gasteiger charge is -2.05. The first-order valence-corrected chi connectivity index (χ1v) is 9.48. The fraction of sp³-hybridized carbons (Fsp3) is 0.227. The fourth-order valence-corrected chi connectivity index (χ4v) is 2.74. The minimum atomic E-state index is -0.210. The number of hydrogen-bond donors (Lipinski definition) is 3. The van der Waals surface area contributed by atoms with Crippen molar-refractivity contribution in [3.8, 4) is 5.75 Å². The van der Waals surface area contributed by atoms with Crippen molar-refractivity contribution in [1.82, 2.24) is 4.98 Å². The number of hydrogen-bond acceptors (Lipinski definition) is 4. The van der Waals surface area contributed by atoms with E-state index in [1.807, 2.05) is 55.5 Å². The number of fused-ring (bicyclic) bond motifs is 1. The van der Waals surface area contributed by atoms with Gasteiger partial charge in [0, 0.05) is 22.7 Å². The number of ether oxygens (including phenoxy) is 1. The normalized spacial score (nSPS) is 12.2. The molecule has 0 bridgehead atoms. The Morgan fingerprint density at radius 2 is 1.86 bits per heavy atom. The number of rotatable bonds is 7. The van der Waals surface area contributed by atoms with Gasteiger partial charge in [0.05, 0.1) is 12.3 Å². The number of nitrogens with two attached hydrogens (primary N) is 1. The van der Waals surface area contributed by atoms with E-state index in [0.29, 0.717) is 23.8 Å². The van der Waals surface area contributed by atoms with E-state index in [1.54, 1.807) is 6.92 Å². The lowest BCUT2D eigenvalue weighted by Crippen LogP contribution is -2.12. The summed E-state index contributed by atoms with van der Waals surface area (Å²) >= 11 is 0. The van der Waals surface area contributed by atoms with Crippen molar-refractivity contribution < 1.29 is 9.53 Å². The number of aromatic nitrogens is 1. The van der Waals surface area contributed by atoms with Crippen LogP contribution >= 0.6 is 0 Å². The molecule has 7 heteroatoms. The lowest BCUT2D eigenvalue weighted by atomic mass is 10.1. The molecule has 4 N–H and O–H groups in total. The van der Waals surface area contributed by atoms with Gasteiger partial charge in [0.25, 0.3) is 5.91 Å². The van der Waals surface area contributed by atoms with Crippen molar-refractivity contribution in [2.45, 2.75) is 27.2 Å². The minimum absolute atomic E-state index is 0.210. The number of nitrogens with one attached hydrogen (secondary N) is 2. The van der Waals surface area contributed by atoms with Crippen molar-refractivity contribution in [1.29, 1.82) is 0 Å². The van der Waals surface area contributed by atoms with E-state index in [1.165, 1.54) is 0 Å². The molecule has 1 heterocycles. The molecule has 3 aromatic rings. The highest BCUT2D eigenvalue weighted by molar-refractivity contribution is 6.06. The molecular formula is C22H25N5O2. The summed E-state index contributed by atoms with van der Waals surface area (Å²) in [5.74, 6) is 0.976. The van der Waals surface area contributed by atoms with E-state index < -0.39 is 0 Å². The standard InChI is InChI=1S/C22H25N5O2/c1-4-11-29-19-10-7-17-12-21(25-20(17)13-19)22(28)24-18-8-5-16(6-9-18)14(2)26-27-15(3)23/h5-10,12-13,25H,4,11H2,1-3H3,(H2,23,27)(H,24,28)/b26-14+. The summed E-state index contributed by atoms with van der Waals surface area (Å²) in [6.07, 6.45) is 0.945. The van der Waals surface area contributed by atoms with Crippen molar-refractivity contribution >= 4 is 34.0 Å². The van der Waals surface area contributed by atoms with Gasteiger partial charge < -0.3 is 20.8 Å². The molecule has 3 rings (SSSR count). The number of anilines is 1. The topological polar surface area (TPSA) is 105 Å². The van der Waals surface area contributed by atoms with Gasteiger partial charge in [-0.2, -0.15) is 5.10 Å². The summed E-state index contributed by atoms with van der Waals surface area (Å²) in [6.45, 7) is 6.25. The van der Waals surface area contributed by atoms with E-state index in [-0.39, 0.29) is 5.91 Å². The third-order valence-corrected chi connectivity index (χ3v) is 4.23. The fourth-order valence-electron chi connectivity index (χ4n) is 2.74. The summed E-state index contributed by atoms with van der Waals surface area (Å²) in [6, 6.07) is 15.0. The zero-order valence-electron chi connectivity index (χ0n) is 16.8. The second-order valence-corrected chi connectivity index (χ2v) is 6.74. The molecule has 0 saturated carbocycles. The van der Waals surface area contributed by atoms with Gasteiger partial charge in [-0.1, -0.05) is 19.1 Å². The largest absolute Gasteiger partial charge is 0.494 e. The molecule has 0 fully saturated rings. The average molecular weight is 391 g/mol. The molecule has 0 aliphatic rings. The van der Waals surface area contributed by atoms with Gasteiger partial charge in [0.1, 0.15) is 17.3 Å². The lowest BCUT2D eigenvalue weighted by molar-refractivity contribution is 0.102. The van der Waals surface area contributed by atoms with Gasteiger partial charge in [-0.05, 0) is 56.2 Å². The van der Waals surface area contributed by atoms with Gasteiger partial charge in [-0.25, -0.2) is 0 Å². The molecule has 1 amide bonds. The molecule has 0 aliphatic heterocycles. The molecule has 0 radical (unpaired) electrons. The number of carbonyl (C=O) groups excluding carboxylic acids is 1. The van der Waals surface area contributed by atoms with Gasteiger partial charge in [-0.3, -0.25) is 4.79 Å². The van der Waals surface area contributed by atoms with Crippen LogP contribution < -0.4 is 15.8 Å². The maximum Gasteiger partial charge on any atom is 0.272 e. The molecule has 0 spiro atoms. The molecule has 0 aliphatic carbocycles. The number of amidine groups is 1. The van der Waals surface area contributed by atoms with Crippen LogP contribution in [0.2, 0.25) is 0 Å². The SMILES string of the molecule is CCCOc1ccc2cc(C(=O)Nc3ccc(/C(C)=N/N=C(/C)N)cc3)[nH]c2c1. The second-order valence-electron chi connectivity index (χ2n) is 6.74. The molecule has 0 unspecified atom stereocenters. The summed E-state index contributed by atoms with van der Waals surface area (Å²) < 4.78 is 5.64. The summed E-state index contributed by atoms with van der Waals surface area (Å²) in [5.41, 5.74) is 9.18. The zero-order chi connectivity index (χ0) is 20.8. The smallest absolute Gasteiger partial charge is 0.272 e. The van der Waals surface area contributed by atoms with Gasteiger partial charge in [0.15, 0.2) is 0 Å². The number of H-pyrrole nitrogens is 1. The van der Waals surface area contributed by atoms with Crippen molar-refractivity contribution in [3.63, 3.8) is 0 Å². The Labute approximate surface area is 169 Å². The van der Waals surface area contributed by atoms with Gasteiger partial charge >= 0.3 is 0 Å². The third kappa shape index (κ3) is 5.22. The van der Waals surface area contributed by atoms with E-state index in [0.717, 1.165) is 34.3 Å². The monoisotopic (exact) mass is 391 g/mol. The first-order valence-electron chi connectivity index (χ1n) is 9.48. The zero-order valence-corrected chi connectivity index (χ0v) is 16.8. The number of nitrogens with zero attached hydrogens (tertiary/aromatic N) is 2. The van der Waals surface area contributed by atoms with E-state index in [2.05, 4.69) is 27.4 Å². The highest BCUT2D eigenvalue weighted by atomic mass is 16.5. The maximum absolute atomic E-state index is 12.6. The minimum Gasteiger partial charge on any atom is -0.494 e. The van der Waals surface area contributed by atoms with Crippen molar-refractivity contribution in [2.75, 3.05) is 11.9 Å². The Morgan fingerprint density at radius 1 is 1.10 bits per heavy atom. The molecular weight excluding hydrogens is 366 g/mol. The highest BCUT2D eigenvalue weighted by Crippen LogP contribution is 2.22. The highest BCUT2D eigenvalue weighted by Gasteiger charge is 2.11. The summed E-state index contributed by atoms with van der Waals surface area (Å²) in [5, 5.41) is 11.8. The molecule has 0 saturated heterocycles. The van der Waals surface area contributed by atoms with E-state index in [4.69, 9.17) is 10.5 Å². The van der Waals surface area contributed by atoms with Gasteiger partial charge in [0.2, 0.25) is 0 Å². The van der Waals surface area contributed by atoms with Crippen LogP contribution in [0.4, 0.5) is 5.69 Å². The molecule has 2 aromatic carbocycles. The summed E-state index contributed by atoms with van der Waals surface area (Å²) in [7, 11) is 0. The van der Waals surface area contributed by atoms with Crippen LogP contribution in [0.3, 0.4) is 0 Å². The van der Waals surface area contributed by atoms with Crippen LogP contribution in [0.5, 0.6) is 5.75 Å². The molecule has 0 atom stereocenters. The molecule has 7 nitrogen and oxygen atoms in total. The summed E-state index contributed by atoms with van der Waals surface area (Å²) in [4.78, 5) is 15.8. The average Bonchev–Trinajstić information content (AvgIpc) is 3.14. The first-order chi connectivity index (χ1) is 14.0. The maximum atomic E-state index is 12.6. The van der Waals surface area contributed by atoms with Crippen LogP contribution in [-0.2, 0) is 0 Å². The predicted octanol–water partition coefficient (Wildman–Crippen LogP) is 4.31. The number of carbonyl (C=O) groups is 1. The van der Waals surface area contributed by atoms with Crippen LogP contribution in [-0.4, -0.2) is 29.0 Å². The van der Waals surface area contributed by atoms with Gasteiger partial charge in [-0.15, -0.1) is 5.10 Å². The van der Waals surface area contributed by atoms with Crippen LogP contribution in [0.15, 0.2) is 58.7 Å². The Bertz CT molecular complexity index is 1060. The second kappa shape index (κ2) is 9.05. The van der Waals surface area contributed by atoms with E-state index in [9.17, 15) is 4.79 Å². The van der Waals surface area contributed by atoms with Crippen LogP contribution in [0, 0.1) is 0 Å².